The van der Waals surface area contributed by atoms with Gasteiger partial charge in [0.25, 0.3) is 10.0 Å². The fourth-order valence-corrected chi connectivity index (χ4v) is 11.8. The Bertz CT molecular complexity index is 1180. The molecule has 0 spiro atoms. The van der Waals surface area contributed by atoms with Gasteiger partial charge in [-0.3, -0.25) is 9.59 Å². The first-order chi connectivity index (χ1) is 17.6. The van der Waals surface area contributed by atoms with E-state index in [2.05, 4.69) is 20.8 Å². The summed E-state index contributed by atoms with van der Waals surface area (Å²) < 4.78 is 50.2. The van der Waals surface area contributed by atoms with Crippen molar-refractivity contribution in [3.8, 4) is 0 Å². The van der Waals surface area contributed by atoms with Gasteiger partial charge in [-0.25, -0.2) is 17.9 Å². The Morgan fingerprint density at radius 2 is 1.61 bits per heavy atom. The maximum atomic E-state index is 13.7. The lowest BCUT2D eigenvalue weighted by Crippen LogP contribution is -2.55. The molecule has 10 nitrogen and oxygen atoms in total. The molecule has 1 aromatic rings. The number of rotatable bonds is 9. The highest BCUT2D eigenvalue weighted by molar-refractivity contribution is 7.90. The summed E-state index contributed by atoms with van der Waals surface area (Å²) in [6.45, 7) is 13.0. The van der Waals surface area contributed by atoms with E-state index in [-0.39, 0.29) is 11.3 Å². The molecular weight excluding hydrogens is 530 g/mol. The van der Waals surface area contributed by atoms with Crippen LogP contribution in [-0.4, -0.2) is 64.7 Å². The first-order valence-corrected chi connectivity index (χ1v) is 17.0. The fourth-order valence-electron chi connectivity index (χ4n) is 5.88. The number of epoxide rings is 1. The normalized spacial score (nSPS) is 26.7. The number of aryl methyl sites for hydroxylation is 1. The summed E-state index contributed by atoms with van der Waals surface area (Å²) in [6.07, 6.45) is -3.59. The van der Waals surface area contributed by atoms with Crippen molar-refractivity contribution >= 4 is 36.1 Å². The third-order valence-corrected chi connectivity index (χ3v) is 15.8. The zero-order chi connectivity index (χ0) is 28.7. The highest BCUT2D eigenvalue weighted by Gasteiger charge is 2.84. The highest BCUT2D eigenvalue weighted by atomic mass is 32.2. The molecule has 0 aromatic heterocycles. The van der Waals surface area contributed by atoms with Crippen LogP contribution >= 0.6 is 0 Å². The number of sulfonamides is 1. The Balaban J connectivity index is 2.04. The molecule has 0 bridgehead atoms. The lowest BCUT2D eigenvalue weighted by molar-refractivity contribution is -0.188. The van der Waals surface area contributed by atoms with Crippen LogP contribution in [0.15, 0.2) is 29.2 Å². The van der Waals surface area contributed by atoms with Crippen molar-refractivity contribution in [2.45, 2.75) is 101 Å². The fraction of sp³-hybridized carbons (Fsp3) is 0.654. The van der Waals surface area contributed by atoms with E-state index in [0.29, 0.717) is 0 Å². The first-order valence-electron chi connectivity index (χ1n) is 12.9. The Morgan fingerprint density at radius 1 is 1.05 bits per heavy atom. The van der Waals surface area contributed by atoms with Crippen molar-refractivity contribution in [1.29, 1.82) is 0 Å². The van der Waals surface area contributed by atoms with Crippen molar-refractivity contribution in [3.63, 3.8) is 0 Å². The first kappa shape index (κ1) is 30.1. The molecule has 1 N–H and O–H groups in total. The van der Waals surface area contributed by atoms with E-state index >= 15 is 0 Å². The van der Waals surface area contributed by atoms with Crippen molar-refractivity contribution in [1.82, 2.24) is 4.72 Å². The number of fused-ring (bicyclic) bond motifs is 1. The SMILES string of the molecule is CC[Si](CC)(CC)[C@]12C[C@@](C(=O)OC)(C(=O)OC(C)(C)C)[C@H](OC(=O)NS(=O)(=O)c3ccc(C)cc3)[C@H]1O2. The maximum absolute atomic E-state index is 13.7. The van der Waals surface area contributed by atoms with E-state index < -0.39 is 64.6 Å². The summed E-state index contributed by atoms with van der Waals surface area (Å²) in [4.78, 5) is 40.0. The molecule has 1 aromatic carbocycles. The van der Waals surface area contributed by atoms with E-state index in [0.717, 1.165) is 30.8 Å². The molecule has 3 rings (SSSR count). The van der Waals surface area contributed by atoms with Gasteiger partial charge >= 0.3 is 18.0 Å². The summed E-state index contributed by atoms with van der Waals surface area (Å²) >= 11 is 0. The quantitative estimate of drug-likeness (QED) is 0.154. The van der Waals surface area contributed by atoms with E-state index in [1.807, 2.05) is 4.72 Å². The Morgan fingerprint density at radius 3 is 2.08 bits per heavy atom. The van der Waals surface area contributed by atoms with Crippen LogP contribution in [0.3, 0.4) is 0 Å². The molecule has 212 valence electrons. The topological polar surface area (TPSA) is 138 Å². The smallest absolute Gasteiger partial charge is 0.421 e. The van der Waals surface area contributed by atoms with Crippen LogP contribution in [0.2, 0.25) is 18.1 Å². The number of benzene rings is 1. The molecule has 12 heteroatoms. The molecule has 1 amide bonds. The lowest BCUT2D eigenvalue weighted by atomic mass is 9.82. The van der Waals surface area contributed by atoms with Crippen LogP contribution in [0.25, 0.3) is 0 Å². The summed E-state index contributed by atoms with van der Waals surface area (Å²) in [6, 6.07) is 8.38. The second-order valence-corrected chi connectivity index (χ2v) is 18.4. The number of hydrogen-bond acceptors (Lipinski definition) is 9. The van der Waals surface area contributed by atoms with E-state index in [9.17, 15) is 22.8 Å². The minimum Gasteiger partial charge on any atom is -0.468 e. The van der Waals surface area contributed by atoms with Gasteiger partial charge in [0.1, 0.15) is 11.7 Å². The van der Waals surface area contributed by atoms with E-state index in [4.69, 9.17) is 18.9 Å². The Hall–Kier alpha value is -2.44. The largest absolute Gasteiger partial charge is 0.468 e. The number of carbonyl (C=O) groups is 3. The molecule has 0 radical (unpaired) electrons. The zero-order valence-corrected chi connectivity index (χ0v) is 25.2. The third kappa shape index (κ3) is 4.97. The van der Waals surface area contributed by atoms with Crippen molar-refractivity contribution in [3.05, 3.63) is 29.8 Å². The molecule has 2 aliphatic rings. The lowest BCUT2D eigenvalue weighted by Gasteiger charge is -2.38. The van der Waals surface area contributed by atoms with Crippen molar-refractivity contribution in [2.24, 2.45) is 5.41 Å². The highest BCUT2D eigenvalue weighted by Crippen LogP contribution is 2.65. The molecule has 1 saturated carbocycles. The predicted molar refractivity (Wildman–Crippen MR) is 141 cm³/mol. The van der Waals surface area contributed by atoms with E-state index in [1.165, 1.54) is 12.1 Å². The number of carbonyl (C=O) groups excluding carboxylic acids is 3. The number of nitrogens with one attached hydrogen (secondary N) is 1. The van der Waals surface area contributed by atoms with Gasteiger partial charge in [-0.1, -0.05) is 56.6 Å². The standard InChI is InChI=1S/C26H39NO9SSi/c1-9-38(10-2,11-3)26-16-25(21(28)33-8,22(29)36-24(5,6)7)19(20(26)35-26)34-23(30)27-37(31,32)18-14-12-17(4)13-15-18/h12-15,19-20H,9-11,16H2,1-8H3,(H,27,30)/t19-,20-,25-,26-/m1/s1. The van der Waals surface area contributed by atoms with Gasteiger partial charge < -0.3 is 18.9 Å². The van der Waals surface area contributed by atoms with Crippen molar-refractivity contribution < 1.29 is 41.7 Å². The van der Waals surface area contributed by atoms with Gasteiger partial charge in [-0.2, -0.15) is 0 Å². The molecule has 38 heavy (non-hydrogen) atoms. The Kier molecular flexibility index (Phi) is 8.14. The van der Waals surface area contributed by atoms with Crippen LogP contribution < -0.4 is 4.72 Å². The number of amides is 1. The van der Waals surface area contributed by atoms with Crippen LogP contribution in [-0.2, 0) is 38.6 Å². The van der Waals surface area contributed by atoms with Gasteiger partial charge in [0.15, 0.2) is 6.10 Å². The van der Waals surface area contributed by atoms with Crippen LogP contribution in [0.4, 0.5) is 4.79 Å². The third-order valence-electron chi connectivity index (χ3n) is 8.07. The van der Waals surface area contributed by atoms with Gasteiger partial charge in [0, 0.05) is 6.42 Å². The molecule has 1 heterocycles. The van der Waals surface area contributed by atoms with Crippen LogP contribution in [0, 0.1) is 12.3 Å². The molecule has 1 aliphatic carbocycles. The molecule has 1 aliphatic heterocycles. The van der Waals surface area contributed by atoms with Gasteiger partial charge in [-0.15, -0.1) is 0 Å². The zero-order valence-electron chi connectivity index (χ0n) is 23.4. The van der Waals surface area contributed by atoms with Crippen molar-refractivity contribution in [2.75, 3.05) is 7.11 Å². The molecule has 1 saturated heterocycles. The number of methoxy groups -OCH3 is 1. The number of esters is 2. The number of hydrogen-bond donors (Lipinski definition) is 1. The second-order valence-electron chi connectivity index (χ2n) is 11.2. The maximum Gasteiger partial charge on any atom is 0.421 e. The van der Waals surface area contributed by atoms with E-state index in [1.54, 1.807) is 39.8 Å². The molecule has 4 atom stereocenters. The monoisotopic (exact) mass is 569 g/mol. The summed E-state index contributed by atoms with van der Waals surface area (Å²) in [7, 11) is -5.38. The number of ether oxygens (including phenoxy) is 4. The van der Waals surface area contributed by atoms with Gasteiger partial charge in [0.2, 0.25) is 5.41 Å². The summed E-state index contributed by atoms with van der Waals surface area (Å²) in [5, 5.41) is -0.822. The Labute approximate surface area is 225 Å². The molecule has 0 unspecified atom stereocenters. The van der Waals surface area contributed by atoms with Gasteiger partial charge in [-0.05, 0) is 39.8 Å². The summed E-state index contributed by atoms with van der Waals surface area (Å²) in [5.41, 5.74) is -2.11. The molecule has 2 fully saturated rings. The summed E-state index contributed by atoms with van der Waals surface area (Å²) in [5.74, 6) is -1.80. The minimum atomic E-state index is -4.28. The average Bonchev–Trinajstić information content (AvgIpc) is 3.48. The van der Waals surface area contributed by atoms with Crippen LogP contribution in [0.1, 0.15) is 53.5 Å². The minimum absolute atomic E-state index is 0.0589. The van der Waals surface area contributed by atoms with Gasteiger partial charge in [0.05, 0.1) is 25.3 Å². The predicted octanol–water partition coefficient (Wildman–Crippen LogP) is 3.87. The molecular formula is C26H39NO9SSi. The van der Waals surface area contributed by atoms with Crippen LogP contribution in [0.5, 0.6) is 0 Å². The average molecular weight is 570 g/mol. The second kappa shape index (κ2) is 10.3.